The van der Waals surface area contributed by atoms with Crippen molar-refractivity contribution in [1.82, 2.24) is 10.6 Å². The number of benzene rings is 2. The average Bonchev–Trinajstić information content (AvgIpc) is 2.71. The molecule has 0 aliphatic carbocycles. The molecule has 2 aromatic carbocycles. The second kappa shape index (κ2) is 10.0. The van der Waals surface area contributed by atoms with Crippen LogP contribution in [0.1, 0.15) is 13.3 Å². The second-order valence-corrected chi connectivity index (χ2v) is 8.02. The molecule has 3 amide bonds. The lowest BCUT2D eigenvalue weighted by atomic mass is 10.2. The third-order valence-corrected chi connectivity index (χ3v) is 5.40. The molecule has 1 aliphatic heterocycles. The highest BCUT2D eigenvalue weighted by atomic mass is 35.5. The van der Waals surface area contributed by atoms with Crippen molar-refractivity contribution in [2.75, 3.05) is 41.7 Å². The number of carbonyl (C=O) groups is 2. The standard InChI is InChI=1S/C21H24Cl2N5O2/c1-14(24)13-19(29)25-15-5-7-16(8-6-15)27-9-11-28(12-10-27)21(30)26-20-17(22)3-2-4-18(20)23/h2-8,14,24H,9-13H2,1H3,(H,25,29)(H,26,30). The number of hydrogen-bond acceptors (Lipinski definition) is 3. The molecule has 1 aliphatic rings. The Morgan fingerprint density at radius 1 is 1.00 bits per heavy atom. The van der Waals surface area contributed by atoms with E-state index in [1.54, 1.807) is 30.0 Å². The zero-order valence-corrected chi connectivity index (χ0v) is 18.1. The van der Waals surface area contributed by atoms with Crippen molar-refractivity contribution >= 4 is 52.2 Å². The maximum Gasteiger partial charge on any atom is 0.322 e. The molecular weight excluding hydrogens is 425 g/mol. The lowest BCUT2D eigenvalue weighted by Crippen LogP contribution is -2.50. The number of nitrogens with zero attached hydrogens (tertiary/aromatic N) is 2. The number of anilines is 3. The Kier molecular flexibility index (Phi) is 7.42. The zero-order valence-electron chi connectivity index (χ0n) is 16.6. The smallest absolute Gasteiger partial charge is 0.322 e. The maximum atomic E-state index is 12.6. The Balaban J connectivity index is 1.52. The zero-order chi connectivity index (χ0) is 21.7. The topological polar surface area (TPSA) is 88.5 Å². The van der Waals surface area contributed by atoms with Crippen molar-refractivity contribution in [1.29, 1.82) is 0 Å². The van der Waals surface area contributed by atoms with Crippen molar-refractivity contribution in [2.45, 2.75) is 19.4 Å². The molecule has 1 saturated heterocycles. The molecule has 1 heterocycles. The monoisotopic (exact) mass is 448 g/mol. The first-order valence-electron chi connectivity index (χ1n) is 9.69. The number of nitrogens with one attached hydrogen (secondary N) is 3. The van der Waals surface area contributed by atoms with Gasteiger partial charge >= 0.3 is 6.03 Å². The van der Waals surface area contributed by atoms with Crippen LogP contribution in [0.4, 0.5) is 21.9 Å². The Labute approximate surface area is 186 Å². The molecule has 9 heteroatoms. The average molecular weight is 449 g/mol. The number of para-hydroxylation sites is 1. The van der Waals surface area contributed by atoms with Gasteiger partial charge in [0.2, 0.25) is 5.91 Å². The summed E-state index contributed by atoms with van der Waals surface area (Å²) in [4.78, 5) is 28.3. The molecule has 1 radical (unpaired) electrons. The second-order valence-electron chi connectivity index (χ2n) is 7.20. The first kappa shape index (κ1) is 22.2. The van der Waals surface area contributed by atoms with Gasteiger partial charge in [0.15, 0.2) is 0 Å². The number of rotatable bonds is 5. The normalized spacial score (nSPS) is 14.9. The van der Waals surface area contributed by atoms with E-state index in [-0.39, 0.29) is 18.4 Å². The minimum atomic E-state index is -0.424. The Bertz CT molecular complexity index is 877. The van der Waals surface area contributed by atoms with Crippen LogP contribution >= 0.6 is 23.2 Å². The highest BCUT2D eigenvalue weighted by Crippen LogP contribution is 2.30. The van der Waals surface area contributed by atoms with Crippen LogP contribution in [0.3, 0.4) is 0 Å². The summed E-state index contributed by atoms with van der Waals surface area (Å²) in [6.07, 6.45) is 0.172. The van der Waals surface area contributed by atoms with Gasteiger partial charge in [-0.3, -0.25) is 10.5 Å². The van der Waals surface area contributed by atoms with Gasteiger partial charge < -0.3 is 20.4 Å². The summed E-state index contributed by atoms with van der Waals surface area (Å²) < 4.78 is 0. The largest absolute Gasteiger partial charge is 0.368 e. The van der Waals surface area contributed by atoms with Gasteiger partial charge in [-0.2, -0.15) is 0 Å². The lowest BCUT2D eigenvalue weighted by molar-refractivity contribution is -0.116. The summed E-state index contributed by atoms with van der Waals surface area (Å²) in [7, 11) is 0. The van der Waals surface area contributed by atoms with Crippen molar-refractivity contribution in [3.8, 4) is 0 Å². The van der Waals surface area contributed by atoms with E-state index in [1.165, 1.54) is 0 Å². The molecule has 3 N–H and O–H groups in total. The van der Waals surface area contributed by atoms with E-state index in [0.29, 0.717) is 47.6 Å². The van der Waals surface area contributed by atoms with Gasteiger partial charge in [-0.15, -0.1) is 0 Å². The number of piperazine rings is 1. The van der Waals surface area contributed by atoms with Crippen LogP contribution in [0.15, 0.2) is 42.5 Å². The Morgan fingerprint density at radius 3 is 2.17 bits per heavy atom. The molecular formula is C21H24Cl2N5O2. The van der Waals surface area contributed by atoms with Crippen LogP contribution in [0.25, 0.3) is 0 Å². The van der Waals surface area contributed by atoms with E-state index in [1.807, 2.05) is 24.3 Å². The summed E-state index contributed by atoms with van der Waals surface area (Å²) in [5, 5.41) is 6.39. The van der Waals surface area contributed by atoms with Crippen LogP contribution < -0.4 is 21.3 Å². The van der Waals surface area contributed by atoms with E-state index in [9.17, 15) is 9.59 Å². The quantitative estimate of drug-likeness (QED) is 0.712. The van der Waals surface area contributed by atoms with Crippen LogP contribution in [0.2, 0.25) is 10.0 Å². The molecule has 1 atom stereocenters. The number of amides is 3. The number of carbonyl (C=O) groups excluding carboxylic acids is 2. The van der Waals surface area contributed by atoms with Crippen LogP contribution in [-0.4, -0.2) is 49.1 Å². The summed E-state index contributed by atoms with van der Waals surface area (Å²) >= 11 is 12.2. The van der Waals surface area contributed by atoms with Crippen molar-refractivity contribution in [3.63, 3.8) is 0 Å². The summed E-state index contributed by atoms with van der Waals surface area (Å²) in [5.74, 6) is -0.163. The van der Waals surface area contributed by atoms with E-state index in [0.717, 1.165) is 5.69 Å². The first-order chi connectivity index (χ1) is 14.3. The molecule has 1 unspecified atom stereocenters. The van der Waals surface area contributed by atoms with Gasteiger partial charge in [-0.1, -0.05) is 29.3 Å². The van der Waals surface area contributed by atoms with Crippen molar-refractivity contribution in [2.24, 2.45) is 0 Å². The molecule has 3 rings (SSSR count). The Hall–Kier alpha value is -2.48. The third kappa shape index (κ3) is 5.78. The summed E-state index contributed by atoms with van der Waals surface area (Å²) in [6.45, 7) is 4.19. The van der Waals surface area contributed by atoms with Crippen LogP contribution in [0.5, 0.6) is 0 Å². The molecule has 0 spiro atoms. The van der Waals surface area contributed by atoms with E-state index in [2.05, 4.69) is 15.5 Å². The van der Waals surface area contributed by atoms with E-state index >= 15 is 0 Å². The van der Waals surface area contributed by atoms with Gasteiger partial charge in [0.1, 0.15) is 0 Å². The molecule has 7 nitrogen and oxygen atoms in total. The van der Waals surface area contributed by atoms with Crippen LogP contribution in [-0.2, 0) is 4.79 Å². The molecule has 2 aromatic rings. The minimum Gasteiger partial charge on any atom is -0.368 e. The number of urea groups is 1. The van der Waals surface area contributed by atoms with E-state index < -0.39 is 6.04 Å². The third-order valence-electron chi connectivity index (χ3n) is 4.77. The molecule has 30 heavy (non-hydrogen) atoms. The van der Waals surface area contributed by atoms with E-state index in [4.69, 9.17) is 28.9 Å². The molecule has 1 fully saturated rings. The van der Waals surface area contributed by atoms with Gasteiger partial charge in [0, 0.05) is 50.0 Å². The molecule has 0 saturated carbocycles. The molecule has 0 aromatic heterocycles. The molecule has 159 valence electrons. The van der Waals surface area contributed by atoms with Gasteiger partial charge in [0.05, 0.1) is 15.7 Å². The van der Waals surface area contributed by atoms with Gasteiger partial charge in [0.25, 0.3) is 0 Å². The predicted molar refractivity (Wildman–Crippen MR) is 122 cm³/mol. The first-order valence-corrected chi connectivity index (χ1v) is 10.4. The maximum absolute atomic E-state index is 12.6. The minimum absolute atomic E-state index is 0.163. The van der Waals surface area contributed by atoms with Crippen molar-refractivity contribution < 1.29 is 9.59 Å². The number of hydrogen-bond donors (Lipinski definition) is 2. The fourth-order valence-electron chi connectivity index (χ4n) is 3.22. The van der Waals surface area contributed by atoms with Crippen molar-refractivity contribution in [3.05, 3.63) is 52.5 Å². The fraction of sp³-hybridized carbons (Fsp3) is 0.333. The van der Waals surface area contributed by atoms with Gasteiger partial charge in [-0.05, 0) is 43.3 Å². The highest BCUT2D eigenvalue weighted by Gasteiger charge is 2.22. The summed E-state index contributed by atoms with van der Waals surface area (Å²) in [6, 6.07) is 12.0. The summed E-state index contributed by atoms with van der Waals surface area (Å²) in [5.41, 5.74) is 9.61. The Morgan fingerprint density at radius 2 is 1.60 bits per heavy atom. The predicted octanol–water partition coefficient (Wildman–Crippen LogP) is 4.35. The van der Waals surface area contributed by atoms with Gasteiger partial charge in [-0.25, -0.2) is 4.79 Å². The SMILES string of the molecule is CC([NH])CC(=O)Nc1ccc(N2CCN(C(=O)Nc3c(Cl)cccc3Cl)CC2)cc1. The lowest BCUT2D eigenvalue weighted by Gasteiger charge is -2.36. The van der Waals surface area contributed by atoms with Crippen LogP contribution in [0, 0.1) is 0 Å². The highest BCUT2D eigenvalue weighted by molar-refractivity contribution is 6.39. The number of halogens is 2. The molecule has 0 bridgehead atoms. The fourth-order valence-corrected chi connectivity index (χ4v) is 3.71.